The highest BCUT2D eigenvalue weighted by molar-refractivity contribution is 5.17. The molecule has 3 atom stereocenters. The van der Waals surface area contributed by atoms with E-state index < -0.39 is 0 Å². The van der Waals surface area contributed by atoms with Crippen LogP contribution in [0.3, 0.4) is 0 Å². The largest absolute Gasteiger partial charge is 0.378 e. The highest BCUT2D eigenvalue weighted by atomic mass is 16.6. The summed E-state index contributed by atoms with van der Waals surface area (Å²) in [5, 5.41) is 3.84. The molecule has 1 saturated carbocycles. The molecule has 0 aromatic carbocycles. The summed E-state index contributed by atoms with van der Waals surface area (Å²) in [6, 6.07) is 0.626. The van der Waals surface area contributed by atoms with E-state index in [1.807, 2.05) is 0 Å². The summed E-state index contributed by atoms with van der Waals surface area (Å²) in [6.45, 7) is 15.6. The summed E-state index contributed by atoms with van der Waals surface area (Å²) in [5.74, 6) is 1.50. The molecule has 2 saturated heterocycles. The van der Waals surface area contributed by atoms with Crippen LogP contribution in [-0.2, 0) is 9.47 Å². The Morgan fingerprint density at radius 2 is 1.86 bits per heavy atom. The molecule has 3 fully saturated rings. The second kappa shape index (κ2) is 5.21. The lowest BCUT2D eigenvalue weighted by molar-refractivity contribution is -0.105. The van der Waals surface area contributed by atoms with Crippen molar-refractivity contribution in [3.8, 4) is 0 Å². The molecular weight excluding hydrogens is 262 g/mol. The van der Waals surface area contributed by atoms with E-state index in [4.69, 9.17) is 9.47 Å². The van der Waals surface area contributed by atoms with Crippen molar-refractivity contribution in [2.45, 2.75) is 65.5 Å². The Hall–Kier alpha value is -0.120. The lowest BCUT2D eigenvalue weighted by Crippen LogP contribution is -2.49. The zero-order valence-electron chi connectivity index (χ0n) is 14.5. The molecule has 122 valence electrons. The molecular formula is C18H33NO2. The molecule has 1 spiro atoms. The fourth-order valence-corrected chi connectivity index (χ4v) is 5.17. The fourth-order valence-electron chi connectivity index (χ4n) is 5.17. The van der Waals surface area contributed by atoms with Crippen molar-refractivity contribution in [3.63, 3.8) is 0 Å². The minimum Gasteiger partial charge on any atom is -0.378 e. The molecule has 0 bridgehead atoms. The Morgan fingerprint density at radius 1 is 1.14 bits per heavy atom. The normalized spacial score (nSPS) is 39.6. The molecule has 0 amide bonds. The highest BCUT2D eigenvalue weighted by Crippen LogP contribution is 2.70. The molecule has 0 aromatic rings. The Kier molecular flexibility index (Phi) is 3.91. The van der Waals surface area contributed by atoms with E-state index in [0.29, 0.717) is 16.9 Å². The van der Waals surface area contributed by atoms with Gasteiger partial charge in [-0.25, -0.2) is 0 Å². The van der Waals surface area contributed by atoms with Gasteiger partial charge in [0.25, 0.3) is 0 Å². The van der Waals surface area contributed by atoms with Gasteiger partial charge in [0.1, 0.15) is 0 Å². The summed E-state index contributed by atoms with van der Waals surface area (Å²) < 4.78 is 11.8. The zero-order valence-corrected chi connectivity index (χ0v) is 14.5. The number of nitrogens with one attached hydrogen (secondary N) is 1. The van der Waals surface area contributed by atoms with Crippen molar-refractivity contribution in [3.05, 3.63) is 0 Å². The molecule has 2 aliphatic heterocycles. The first-order valence-electron chi connectivity index (χ1n) is 8.79. The van der Waals surface area contributed by atoms with Gasteiger partial charge in [0, 0.05) is 25.7 Å². The molecule has 21 heavy (non-hydrogen) atoms. The van der Waals surface area contributed by atoms with Crippen LogP contribution in [0.15, 0.2) is 0 Å². The van der Waals surface area contributed by atoms with Gasteiger partial charge in [-0.3, -0.25) is 0 Å². The smallest absolute Gasteiger partial charge is 0.0939 e. The Labute approximate surface area is 130 Å². The van der Waals surface area contributed by atoms with Gasteiger partial charge in [0.15, 0.2) is 0 Å². The molecule has 3 nitrogen and oxygen atoms in total. The van der Waals surface area contributed by atoms with Crippen molar-refractivity contribution in [2.75, 3.05) is 26.4 Å². The molecule has 0 aromatic heterocycles. The fraction of sp³-hybridized carbons (Fsp3) is 1.00. The lowest BCUT2D eigenvalue weighted by atomic mass is 9.78. The predicted molar refractivity (Wildman–Crippen MR) is 85.4 cm³/mol. The van der Waals surface area contributed by atoms with E-state index in [9.17, 15) is 0 Å². The number of rotatable bonds is 4. The van der Waals surface area contributed by atoms with E-state index >= 15 is 0 Å². The van der Waals surface area contributed by atoms with Crippen molar-refractivity contribution in [1.82, 2.24) is 5.32 Å². The first-order valence-corrected chi connectivity index (χ1v) is 8.79. The molecule has 3 rings (SSSR count). The molecule has 1 aliphatic carbocycles. The van der Waals surface area contributed by atoms with Crippen LogP contribution in [0.2, 0.25) is 0 Å². The first kappa shape index (κ1) is 15.8. The van der Waals surface area contributed by atoms with E-state index in [-0.39, 0.29) is 5.60 Å². The molecule has 0 radical (unpaired) electrons. The average Bonchev–Trinajstić information content (AvgIpc) is 2.76. The van der Waals surface area contributed by atoms with Crippen LogP contribution in [0.5, 0.6) is 0 Å². The summed E-state index contributed by atoms with van der Waals surface area (Å²) in [5.41, 5.74) is 0.911. The maximum Gasteiger partial charge on any atom is 0.0939 e. The number of hydrogen-bond acceptors (Lipinski definition) is 3. The molecule has 3 aliphatic rings. The van der Waals surface area contributed by atoms with Crippen molar-refractivity contribution in [2.24, 2.45) is 22.7 Å². The van der Waals surface area contributed by atoms with Crippen molar-refractivity contribution >= 4 is 0 Å². The summed E-state index contributed by atoms with van der Waals surface area (Å²) in [6.07, 6.45) is 3.45. The van der Waals surface area contributed by atoms with E-state index in [0.717, 1.165) is 44.6 Å². The average molecular weight is 295 g/mol. The Morgan fingerprint density at radius 3 is 2.38 bits per heavy atom. The van der Waals surface area contributed by atoms with Crippen LogP contribution in [-0.4, -0.2) is 38.0 Å². The predicted octanol–water partition coefficient (Wildman–Crippen LogP) is 3.23. The third-order valence-electron chi connectivity index (χ3n) is 7.04. The summed E-state index contributed by atoms with van der Waals surface area (Å²) >= 11 is 0. The molecule has 3 unspecified atom stereocenters. The summed E-state index contributed by atoms with van der Waals surface area (Å²) in [7, 11) is 0. The van der Waals surface area contributed by atoms with Crippen molar-refractivity contribution < 1.29 is 9.47 Å². The maximum absolute atomic E-state index is 6.14. The summed E-state index contributed by atoms with van der Waals surface area (Å²) in [4.78, 5) is 0. The first-order chi connectivity index (χ1) is 9.84. The molecule has 2 heterocycles. The minimum absolute atomic E-state index is 0.0275. The lowest BCUT2D eigenvalue weighted by Gasteiger charge is -2.41. The van der Waals surface area contributed by atoms with Gasteiger partial charge in [-0.2, -0.15) is 0 Å². The second-order valence-corrected chi connectivity index (χ2v) is 8.59. The van der Waals surface area contributed by atoms with E-state index in [2.05, 4.69) is 39.9 Å². The van der Waals surface area contributed by atoms with Gasteiger partial charge in [0.2, 0.25) is 0 Å². The maximum atomic E-state index is 6.14. The Bertz CT molecular complexity index is 371. The Balaban J connectivity index is 1.75. The topological polar surface area (TPSA) is 30.5 Å². The van der Waals surface area contributed by atoms with Crippen molar-refractivity contribution in [1.29, 1.82) is 0 Å². The zero-order chi connectivity index (χ0) is 15.3. The number of ether oxygens (including phenoxy) is 2. The van der Waals surface area contributed by atoms with Crippen LogP contribution >= 0.6 is 0 Å². The van der Waals surface area contributed by atoms with Gasteiger partial charge in [-0.05, 0) is 42.1 Å². The van der Waals surface area contributed by atoms with E-state index in [1.165, 1.54) is 12.8 Å². The second-order valence-electron chi connectivity index (χ2n) is 8.59. The van der Waals surface area contributed by atoms with Gasteiger partial charge in [-0.1, -0.05) is 34.6 Å². The highest BCUT2D eigenvalue weighted by Gasteiger charge is 2.68. The minimum atomic E-state index is 0.0275. The van der Waals surface area contributed by atoms with Crippen LogP contribution in [0.4, 0.5) is 0 Å². The van der Waals surface area contributed by atoms with Gasteiger partial charge in [0.05, 0.1) is 12.2 Å². The van der Waals surface area contributed by atoms with Gasteiger partial charge < -0.3 is 14.8 Å². The van der Waals surface area contributed by atoms with Gasteiger partial charge in [-0.15, -0.1) is 0 Å². The van der Waals surface area contributed by atoms with Crippen LogP contribution in [0, 0.1) is 22.7 Å². The quantitative estimate of drug-likeness (QED) is 0.864. The number of hydrogen-bond donors (Lipinski definition) is 1. The van der Waals surface area contributed by atoms with Crippen LogP contribution < -0.4 is 5.32 Å². The third kappa shape index (κ3) is 2.46. The van der Waals surface area contributed by atoms with Crippen LogP contribution in [0.1, 0.15) is 53.9 Å². The SMILES string of the molecule is CCNC(C1CCOC2(CCOC2)C1)C1C(C)(C)C1(C)C. The standard InChI is InChI=1S/C18H33NO2/c1-6-19-14(15-16(2,3)17(15,4)5)13-7-9-21-18(11-13)8-10-20-12-18/h13-15,19H,6-12H2,1-5H3. The van der Waals surface area contributed by atoms with Gasteiger partial charge >= 0.3 is 0 Å². The van der Waals surface area contributed by atoms with E-state index in [1.54, 1.807) is 0 Å². The third-order valence-corrected chi connectivity index (χ3v) is 7.04. The monoisotopic (exact) mass is 295 g/mol. The molecule has 1 N–H and O–H groups in total. The molecule has 3 heteroatoms. The van der Waals surface area contributed by atoms with Crippen LogP contribution in [0.25, 0.3) is 0 Å².